The number of likely N-dealkylation sites (tertiary alicyclic amines) is 1. The maximum Gasteiger partial charge on any atom is 0.263 e. The third-order valence-corrected chi connectivity index (χ3v) is 6.96. The molecule has 1 atom stereocenters. The van der Waals surface area contributed by atoms with Crippen LogP contribution in [0.15, 0.2) is 36.5 Å². The first-order valence-corrected chi connectivity index (χ1v) is 10.1. The van der Waals surface area contributed by atoms with Crippen LogP contribution in [0.3, 0.4) is 0 Å². The van der Waals surface area contributed by atoms with Gasteiger partial charge in [0.25, 0.3) is 5.91 Å². The van der Waals surface area contributed by atoms with Crippen LogP contribution in [0.1, 0.15) is 46.0 Å². The number of aryl methyl sites for hydroxylation is 2. The lowest BCUT2D eigenvalue weighted by atomic mass is 9.77. The molecule has 1 amide bonds. The zero-order valence-electron chi connectivity index (χ0n) is 14.9. The molecule has 26 heavy (non-hydrogen) atoms. The molecule has 2 aromatic heterocycles. The monoisotopic (exact) mass is 363 g/mol. The predicted octanol–water partition coefficient (Wildman–Crippen LogP) is 4.12. The molecule has 0 radical (unpaired) electrons. The summed E-state index contributed by atoms with van der Waals surface area (Å²) in [6.07, 6.45) is 6.25. The van der Waals surface area contributed by atoms with E-state index in [0.29, 0.717) is 0 Å². The van der Waals surface area contributed by atoms with Gasteiger partial charge in [0.2, 0.25) is 0 Å². The molecule has 1 saturated heterocycles. The van der Waals surface area contributed by atoms with Gasteiger partial charge in [-0.05, 0) is 55.7 Å². The number of rotatable bonds is 1. The summed E-state index contributed by atoms with van der Waals surface area (Å²) in [4.78, 5) is 25.2. The average molecular weight is 363 g/mol. The van der Waals surface area contributed by atoms with Crippen molar-refractivity contribution in [1.82, 2.24) is 14.9 Å². The lowest BCUT2D eigenvalue weighted by Gasteiger charge is -2.40. The molecule has 1 fully saturated rings. The van der Waals surface area contributed by atoms with Crippen LogP contribution >= 0.6 is 11.3 Å². The van der Waals surface area contributed by atoms with Crippen LogP contribution in [0, 0.1) is 6.92 Å². The van der Waals surface area contributed by atoms with Crippen LogP contribution in [0.5, 0.6) is 0 Å². The molecule has 0 bridgehead atoms. The van der Waals surface area contributed by atoms with E-state index in [0.717, 1.165) is 54.9 Å². The van der Waals surface area contributed by atoms with Crippen LogP contribution in [0.25, 0.3) is 10.1 Å². The van der Waals surface area contributed by atoms with Gasteiger partial charge in [0, 0.05) is 29.4 Å². The molecular formula is C21H21N3OS. The third-order valence-electron chi connectivity index (χ3n) is 5.86. The maximum absolute atomic E-state index is 13.2. The van der Waals surface area contributed by atoms with Crippen molar-refractivity contribution in [2.24, 2.45) is 0 Å². The molecule has 4 nitrogen and oxygen atoms in total. The van der Waals surface area contributed by atoms with E-state index in [1.165, 1.54) is 16.0 Å². The highest BCUT2D eigenvalue weighted by Gasteiger charge is 2.44. The van der Waals surface area contributed by atoms with Gasteiger partial charge in [0.05, 0.1) is 10.6 Å². The van der Waals surface area contributed by atoms with Crippen LogP contribution in [-0.2, 0) is 11.8 Å². The molecular weight excluding hydrogens is 342 g/mol. The van der Waals surface area contributed by atoms with Crippen molar-refractivity contribution >= 4 is 27.3 Å². The van der Waals surface area contributed by atoms with Crippen molar-refractivity contribution in [3.63, 3.8) is 0 Å². The molecule has 5 heteroatoms. The zero-order valence-corrected chi connectivity index (χ0v) is 15.7. The summed E-state index contributed by atoms with van der Waals surface area (Å²) in [6.45, 7) is 3.58. The summed E-state index contributed by atoms with van der Waals surface area (Å²) in [7, 11) is 0. The fourth-order valence-corrected chi connectivity index (χ4v) is 5.61. The van der Waals surface area contributed by atoms with Gasteiger partial charge in [-0.3, -0.25) is 4.79 Å². The minimum Gasteiger partial charge on any atom is -0.337 e. The fraction of sp³-hybridized carbons (Fsp3) is 0.381. The predicted molar refractivity (Wildman–Crippen MR) is 104 cm³/mol. The molecule has 5 rings (SSSR count). The zero-order chi connectivity index (χ0) is 17.7. The smallest absolute Gasteiger partial charge is 0.263 e. The topological polar surface area (TPSA) is 46.1 Å². The number of hydrogen-bond acceptors (Lipinski definition) is 4. The minimum absolute atomic E-state index is 0.0215. The Kier molecular flexibility index (Phi) is 3.60. The van der Waals surface area contributed by atoms with Crippen LogP contribution in [0.2, 0.25) is 0 Å². The summed E-state index contributed by atoms with van der Waals surface area (Å²) in [6, 6.07) is 10.3. The highest BCUT2D eigenvalue weighted by atomic mass is 32.1. The Balaban J connectivity index is 1.46. The molecule has 1 aliphatic heterocycles. The Labute approximate surface area is 156 Å². The Bertz CT molecular complexity index is 974. The molecule has 1 aromatic carbocycles. The molecule has 132 valence electrons. The number of benzene rings is 1. The molecule has 3 aromatic rings. The molecule has 1 unspecified atom stereocenters. The number of nitrogens with zero attached hydrogens (tertiary/aromatic N) is 3. The summed E-state index contributed by atoms with van der Waals surface area (Å²) < 4.78 is 1.18. The Morgan fingerprint density at radius 2 is 2.15 bits per heavy atom. The second-order valence-corrected chi connectivity index (χ2v) is 8.63. The van der Waals surface area contributed by atoms with E-state index < -0.39 is 0 Å². The number of thiophene rings is 1. The van der Waals surface area contributed by atoms with Crippen LogP contribution in [-0.4, -0.2) is 33.9 Å². The largest absolute Gasteiger partial charge is 0.337 e. The standard InChI is InChI=1S/C21H21N3OS/c1-14-22-12-16-7-9-21(19(16)23-14)8-4-10-24(13-21)20(25)18-11-15-5-2-3-6-17(15)26-18/h2-3,5-6,11-12H,4,7-10,13H2,1H3. The molecule has 1 spiro atoms. The van der Waals surface area contributed by atoms with Gasteiger partial charge >= 0.3 is 0 Å². The second kappa shape index (κ2) is 5.88. The van der Waals surface area contributed by atoms with Crippen molar-refractivity contribution in [2.45, 2.75) is 38.0 Å². The summed E-state index contributed by atoms with van der Waals surface area (Å²) in [5.74, 6) is 1.00. The Morgan fingerprint density at radius 1 is 1.27 bits per heavy atom. The molecule has 1 aliphatic carbocycles. The number of piperidine rings is 1. The quantitative estimate of drug-likeness (QED) is 0.653. The highest BCUT2D eigenvalue weighted by molar-refractivity contribution is 7.20. The first-order chi connectivity index (χ1) is 12.6. The Hall–Kier alpha value is -2.27. The van der Waals surface area contributed by atoms with Gasteiger partial charge < -0.3 is 4.90 Å². The van der Waals surface area contributed by atoms with Crippen molar-refractivity contribution in [2.75, 3.05) is 13.1 Å². The van der Waals surface area contributed by atoms with Gasteiger partial charge in [0.1, 0.15) is 5.82 Å². The van der Waals surface area contributed by atoms with E-state index in [-0.39, 0.29) is 11.3 Å². The SMILES string of the molecule is Cc1ncc2c(n1)C1(CCCN(C(=O)c3cc4ccccc4s3)C1)CC2. The summed E-state index contributed by atoms with van der Waals surface area (Å²) in [5, 5.41) is 1.15. The van der Waals surface area contributed by atoms with Crippen molar-refractivity contribution < 1.29 is 4.79 Å². The van der Waals surface area contributed by atoms with E-state index in [1.54, 1.807) is 11.3 Å². The molecule has 0 saturated carbocycles. The number of aromatic nitrogens is 2. The highest BCUT2D eigenvalue weighted by Crippen LogP contribution is 2.44. The third kappa shape index (κ3) is 2.45. The fourth-order valence-electron chi connectivity index (χ4n) is 4.57. The lowest BCUT2D eigenvalue weighted by molar-refractivity contribution is 0.0638. The molecule has 3 heterocycles. The van der Waals surface area contributed by atoms with E-state index >= 15 is 0 Å². The van der Waals surface area contributed by atoms with Gasteiger partial charge in [0.15, 0.2) is 0 Å². The van der Waals surface area contributed by atoms with Crippen molar-refractivity contribution in [3.8, 4) is 0 Å². The maximum atomic E-state index is 13.2. The number of hydrogen-bond donors (Lipinski definition) is 0. The van der Waals surface area contributed by atoms with Crippen molar-refractivity contribution in [1.29, 1.82) is 0 Å². The van der Waals surface area contributed by atoms with Crippen LogP contribution in [0.4, 0.5) is 0 Å². The van der Waals surface area contributed by atoms with E-state index in [1.807, 2.05) is 31.3 Å². The van der Waals surface area contributed by atoms with Gasteiger partial charge in [-0.25, -0.2) is 9.97 Å². The van der Waals surface area contributed by atoms with Gasteiger partial charge in [-0.15, -0.1) is 11.3 Å². The minimum atomic E-state index is 0.0215. The van der Waals surface area contributed by atoms with Crippen LogP contribution < -0.4 is 0 Å². The normalized spacial score (nSPS) is 22.1. The number of carbonyl (C=O) groups is 1. The average Bonchev–Trinajstić information content (AvgIpc) is 3.24. The summed E-state index contributed by atoms with van der Waals surface area (Å²) >= 11 is 1.60. The van der Waals surface area contributed by atoms with E-state index in [4.69, 9.17) is 4.98 Å². The lowest BCUT2D eigenvalue weighted by Crippen LogP contribution is -2.47. The number of amides is 1. The van der Waals surface area contributed by atoms with Crippen molar-refractivity contribution in [3.05, 3.63) is 58.5 Å². The molecule has 0 N–H and O–H groups in total. The Morgan fingerprint density at radius 3 is 3.04 bits per heavy atom. The van der Waals surface area contributed by atoms with Gasteiger partial charge in [-0.2, -0.15) is 0 Å². The number of carbonyl (C=O) groups excluding carboxylic acids is 1. The van der Waals surface area contributed by atoms with E-state index in [2.05, 4.69) is 22.0 Å². The second-order valence-electron chi connectivity index (χ2n) is 7.55. The van der Waals surface area contributed by atoms with Gasteiger partial charge in [-0.1, -0.05) is 18.2 Å². The van der Waals surface area contributed by atoms with E-state index in [9.17, 15) is 4.79 Å². The first kappa shape index (κ1) is 15.9. The number of fused-ring (bicyclic) bond motifs is 3. The first-order valence-electron chi connectivity index (χ1n) is 9.26. The molecule has 2 aliphatic rings. The summed E-state index contributed by atoms with van der Waals surface area (Å²) in [5.41, 5.74) is 2.48.